The van der Waals surface area contributed by atoms with Crippen LogP contribution in [0.25, 0.3) is 6.08 Å². The summed E-state index contributed by atoms with van der Waals surface area (Å²) in [5.74, 6) is 1.37. The maximum atomic E-state index is 12.2. The highest BCUT2D eigenvalue weighted by Gasteiger charge is 2.24. The summed E-state index contributed by atoms with van der Waals surface area (Å²) < 4.78 is 16.0. The van der Waals surface area contributed by atoms with Crippen molar-refractivity contribution in [2.75, 3.05) is 21.3 Å². The maximum Gasteiger partial charge on any atom is 0.264 e. The van der Waals surface area contributed by atoms with Gasteiger partial charge in [-0.3, -0.25) is 4.79 Å². The number of aliphatic imine (C=N–C) groups is 1. The van der Waals surface area contributed by atoms with Gasteiger partial charge in [-0.1, -0.05) is 18.2 Å². The third-order valence-corrected chi connectivity index (χ3v) is 4.53. The average molecular weight is 370 g/mol. The van der Waals surface area contributed by atoms with Crippen LogP contribution in [0.3, 0.4) is 0 Å². The van der Waals surface area contributed by atoms with Crippen molar-refractivity contribution in [2.24, 2.45) is 4.99 Å². The van der Waals surface area contributed by atoms with Gasteiger partial charge in [0.25, 0.3) is 5.91 Å². The zero-order valence-electron chi connectivity index (χ0n) is 14.6. The highest BCUT2D eigenvalue weighted by molar-refractivity contribution is 8.18. The Labute approximate surface area is 155 Å². The molecule has 1 amide bonds. The lowest BCUT2D eigenvalue weighted by atomic mass is 10.1. The Morgan fingerprint density at radius 1 is 1.00 bits per heavy atom. The van der Waals surface area contributed by atoms with Gasteiger partial charge in [0.1, 0.15) is 0 Å². The molecule has 1 heterocycles. The summed E-state index contributed by atoms with van der Waals surface area (Å²) in [7, 11) is 4.65. The third kappa shape index (κ3) is 3.83. The van der Waals surface area contributed by atoms with Gasteiger partial charge in [-0.2, -0.15) is 0 Å². The molecule has 26 heavy (non-hydrogen) atoms. The molecule has 0 atom stereocenters. The molecule has 1 N–H and O–H groups in total. The Kier molecular flexibility index (Phi) is 5.48. The number of methoxy groups -OCH3 is 3. The summed E-state index contributed by atoms with van der Waals surface area (Å²) in [6.07, 6.45) is 1.76. The van der Waals surface area contributed by atoms with Gasteiger partial charge >= 0.3 is 0 Å². The molecule has 1 fully saturated rings. The first-order chi connectivity index (χ1) is 12.6. The summed E-state index contributed by atoms with van der Waals surface area (Å²) in [5.41, 5.74) is 1.54. The zero-order chi connectivity index (χ0) is 18.5. The van der Waals surface area contributed by atoms with Gasteiger partial charge in [0.15, 0.2) is 16.7 Å². The highest BCUT2D eigenvalue weighted by Crippen LogP contribution is 2.39. The van der Waals surface area contributed by atoms with Crippen LogP contribution in [-0.2, 0) is 4.79 Å². The molecular formula is C19H18N2O4S. The van der Waals surface area contributed by atoms with E-state index in [1.54, 1.807) is 39.5 Å². The predicted octanol–water partition coefficient (Wildman–Crippen LogP) is 3.60. The van der Waals surface area contributed by atoms with E-state index in [1.807, 2.05) is 30.3 Å². The summed E-state index contributed by atoms with van der Waals surface area (Å²) in [6, 6.07) is 13.0. The summed E-state index contributed by atoms with van der Waals surface area (Å²) in [6.45, 7) is 0. The normalized spacial score (nSPS) is 16.7. The van der Waals surface area contributed by atoms with Gasteiger partial charge in [-0.15, -0.1) is 0 Å². The number of nitrogens with zero attached hydrogens (tertiary/aromatic N) is 1. The lowest BCUT2D eigenvalue weighted by Gasteiger charge is -2.12. The molecule has 1 aliphatic rings. The van der Waals surface area contributed by atoms with Crippen molar-refractivity contribution in [1.82, 2.24) is 5.32 Å². The summed E-state index contributed by atoms with van der Waals surface area (Å²) >= 11 is 1.28. The van der Waals surface area contributed by atoms with Gasteiger partial charge < -0.3 is 19.5 Å². The first-order valence-corrected chi connectivity index (χ1v) is 8.61. The van der Waals surface area contributed by atoms with Crippen molar-refractivity contribution >= 4 is 34.6 Å². The van der Waals surface area contributed by atoms with Crippen LogP contribution in [0, 0.1) is 0 Å². The second-order valence-corrected chi connectivity index (χ2v) is 6.31. The summed E-state index contributed by atoms with van der Waals surface area (Å²) in [5, 5.41) is 3.31. The van der Waals surface area contributed by atoms with Crippen molar-refractivity contribution in [3.05, 3.63) is 52.9 Å². The fourth-order valence-electron chi connectivity index (χ4n) is 2.44. The Morgan fingerprint density at radius 3 is 2.23 bits per heavy atom. The van der Waals surface area contributed by atoms with E-state index in [9.17, 15) is 4.79 Å². The number of benzene rings is 2. The Hall–Kier alpha value is -2.93. The molecule has 1 saturated heterocycles. The molecule has 2 aromatic rings. The topological polar surface area (TPSA) is 69.2 Å². The minimum atomic E-state index is -0.196. The Morgan fingerprint density at radius 2 is 1.65 bits per heavy atom. The van der Waals surface area contributed by atoms with Crippen LogP contribution in [0.15, 0.2) is 52.4 Å². The molecular weight excluding hydrogens is 352 g/mol. The van der Waals surface area contributed by atoms with Gasteiger partial charge in [-0.25, -0.2) is 4.99 Å². The lowest BCUT2D eigenvalue weighted by Crippen LogP contribution is -2.19. The minimum absolute atomic E-state index is 0.196. The molecule has 3 rings (SSSR count). The zero-order valence-corrected chi connectivity index (χ0v) is 15.4. The summed E-state index contributed by atoms with van der Waals surface area (Å²) in [4.78, 5) is 17.2. The van der Waals surface area contributed by atoms with E-state index in [0.29, 0.717) is 27.3 Å². The second kappa shape index (κ2) is 7.97. The molecule has 2 aromatic carbocycles. The van der Waals surface area contributed by atoms with Crippen LogP contribution in [0.4, 0.5) is 5.69 Å². The second-order valence-electron chi connectivity index (χ2n) is 5.28. The first kappa shape index (κ1) is 17.9. The predicted molar refractivity (Wildman–Crippen MR) is 103 cm³/mol. The first-order valence-electron chi connectivity index (χ1n) is 7.79. The van der Waals surface area contributed by atoms with E-state index in [-0.39, 0.29) is 5.91 Å². The standard InChI is InChI=1S/C19H18N2O4S/c1-23-14-9-12(10-15(24-2)17(14)25-3)11-16-18(22)21-19(26-16)20-13-7-5-4-6-8-13/h4-11H,1-3H3,(H,20,21,22). The number of carbonyl (C=O) groups is 1. The number of ether oxygens (including phenoxy) is 3. The van der Waals surface area contributed by atoms with E-state index in [1.165, 1.54) is 11.8 Å². The van der Waals surface area contributed by atoms with Gasteiger partial charge in [-0.05, 0) is 47.7 Å². The third-order valence-electron chi connectivity index (χ3n) is 3.62. The molecule has 7 heteroatoms. The number of para-hydroxylation sites is 1. The molecule has 0 aromatic heterocycles. The molecule has 0 aliphatic carbocycles. The fraction of sp³-hybridized carbons (Fsp3) is 0.158. The maximum absolute atomic E-state index is 12.2. The number of thioether (sulfide) groups is 1. The average Bonchev–Trinajstić information content (AvgIpc) is 3.00. The molecule has 0 bridgehead atoms. The van der Waals surface area contributed by atoms with Crippen LogP contribution in [-0.4, -0.2) is 32.4 Å². The Bertz CT molecular complexity index is 853. The SMILES string of the molecule is COc1cc(C=C2SC(=Nc3ccccc3)NC2=O)cc(OC)c1OC. The fourth-order valence-corrected chi connectivity index (χ4v) is 3.28. The number of amidine groups is 1. The highest BCUT2D eigenvalue weighted by atomic mass is 32.2. The van der Waals surface area contributed by atoms with Gasteiger partial charge in [0, 0.05) is 0 Å². The van der Waals surface area contributed by atoms with Crippen LogP contribution < -0.4 is 19.5 Å². The quantitative estimate of drug-likeness (QED) is 0.815. The van der Waals surface area contributed by atoms with Gasteiger partial charge in [0.05, 0.1) is 31.9 Å². The molecule has 134 valence electrons. The van der Waals surface area contributed by atoms with E-state index < -0.39 is 0 Å². The molecule has 0 spiro atoms. The van der Waals surface area contributed by atoms with E-state index in [0.717, 1.165) is 11.3 Å². The molecule has 1 aliphatic heterocycles. The Balaban J connectivity index is 1.90. The number of nitrogens with one attached hydrogen (secondary N) is 1. The molecule has 6 nitrogen and oxygen atoms in total. The largest absolute Gasteiger partial charge is 0.493 e. The van der Waals surface area contributed by atoms with Crippen molar-refractivity contribution in [1.29, 1.82) is 0 Å². The number of carbonyl (C=O) groups excluding carboxylic acids is 1. The van der Waals surface area contributed by atoms with Crippen LogP contribution in [0.1, 0.15) is 5.56 Å². The van der Waals surface area contributed by atoms with E-state index in [4.69, 9.17) is 14.2 Å². The molecule has 0 unspecified atom stereocenters. The number of hydrogen-bond acceptors (Lipinski definition) is 6. The van der Waals surface area contributed by atoms with E-state index >= 15 is 0 Å². The van der Waals surface area contributed by atoms with Crippen LogP contribution >= 0.6 is 11.8 Å². The number of amides is 1. The molecule has 0 radical (unpaired) electrons. The number of rotatable bonds is 5. The minimum Gasteiger partial charge on any atom is -0.493 e. The van der Waals surface area contributed by atoms with Crippen LogP contribution in [0.2, 0.25) is 0 Å². The van der Waals surface area contributed by atoms with Crippen molar-refractivity contribution in [3.8, 4) is 17.2 Å². The van der Waals surface area contributed by atoms with Gasteiger partial charge in [0.2, 0.25) is 5.75 Å². The number of hydrogen-bond donors (Lipinski definition) is 1. The van der Waals surface area contributed by atoms with E-state index in [2.05, 4.69) is 10.3 Å². The lowest BCUT2D eigenvalue weighted by molar-refractivity contribution is -0.115. The van der Waals surface area contributed by atoms with Crippen LogP contribution in [0.5, 0.6) is 17.2 Å². The monoisotopic (exact) mass is 370 g/mol. The van der Waals surface area contributed by atoms with Crippen molar-refractivity contribution < 1.29 is 19.0 Å². The van der Waals surface area contributed by atoms with Crippen molar-refractivity contribution in [2.45, 2.75) is 0 Å². The smallest absolute Gasteiger partial charge is 0.264 e. The molecule has 0 saturated carbocycles. The van der Waals surface area contributed by atoms with Crippen molar-refractivity contribution in [3.63, 3.8) is 0 Å².